The normalized spacial score (nSPS) is 19.1. The van der Waals surface area contributed by atoms with Crippen LogP contribution in [-0.2, 0) is 20.8 Å². The molecule has 2 fully saturated rings. The molecule has 1 atom stereocenters. The van der Waals surface area contributed by atoms with Gasteiger partial charge in [0.2, 0.25) is 5.43 Å². The molecule has 188 valence electrons. The van der Waals surface area contributed by atoms with E-state index in [1.54, 1.807) is 11.5 Å². The van der Waals surface area contributed by atoms with E-state index >= 15 is 0 Å². The Morgan fingerprint density at radius 3 is 2.32 bits per heavy atom. The number of esters is 1. The molecule has 1 aromatic heterocycles. The summed E-state index contributed by atoms with van der Waals surface area (Å²) in [7, 11) is 0. The standard InChI is InChI=1S/C25H37N3O6/c1-2-33-22(29)12-13-26-24(31)20-16-28(15-19-11-8-14-34-19)17-21(23(20)30)25(32)27-18-9-6-4-3-5-7-10-18/h16-19H,2-15H2,1H3,(H,26,31)(H,27,32). The summed E-state index contributed by atoms with van der Waals surface area (Å²) in [5, 5.41) is 5.62. The van der Waals surface area contributed by atoms with Crippen molar-refractivity contribution in [3.63, 3.8) is 0 Å². The lowest BCUT2D eigenvalue weighted by Gasteiger charge is -2.21. The number of carbonyl (C=O) groups is 3. The molecule has 1 unspecified atom stereocenters. The van der Waals surface area contributed by atoms with Gasteiger partial charge in [-0.2, -0.15) is 0 Å². The second-order valence-electron chi connectivity index (χ2n) is 9.07. The van der Waals surface area contributed by atoms with Crippen molar-refractivity contribution in [2.24, 2.45) is 0 Å². The lowest BCUT2D eigenvalue weighted by Crippen LogP contribution is -2.40. The molecule has 0 bridgehead atoms. The molecular weight excluding hydrogens is 438 g/mol. The van der Waals surface area contributed by atoms with Gasteiger partial charge in [-0.25, -0.2) is 0 Å². The Labute approximate surface area is 200 Å². The highest BCUT2D eigenvalue weighted by molar-refractivity contribution is 5.99. The van der Waals surface area contributed by atoms with E-state index in [0.29, 0.717) is 13.2 Å². The van der Waals surface area contributed by atoms with E-state index in [9.17, 15) is 19.2 Å². The summed E-state index contributed by atoms with van der Waals surface area (Å²) < 4.78 is 12.3. The number of rotatable bonds is 9. The topological polar surface area (TPSA) is 116 Å². The fraction of sp³-hybridized carbons (Fsp3) is 0.680. The molecule has 2 heterocycles. The third kappa shape index (κ3) is 7.68. The first-order valence-corrected chi connectivity index (χ1v) is 12.6. The Morgan fingerprint density at radius 1 is 1.00 bits per heavy atom. The Morgan fingerprint density at radius 2 is 1.68 bits per heavy atom. The van der Waals surface area contributed by atoms with Crippen LogP contribution in [0.5, 0.6) is 0 Å². The monoisotopic (exact) mass is 475 g/mol. The minimum atomic E-state index is -0.615. The predicted molar refractivity (Wildman–Crippen MR) is 127 cm³/mol. The highest BCUT2D eigenvalue weighted by atomic mass is 16.5. The van der Waals surface area contributed by atoms with Gasteiger partial charge >= 0.3 is 5.97 Å². The largest absolute Gasteiger partial charge is 0.466 e. The highest BCUT2D eigenvalue weighted by Crippen LogP contribution is 2.18. The van der Waals surface area contributed by atoms with Crippen molar-refractivity contribution in [1.29, 1.82) is 0 Å². The molecule has 3 rings (SSSR count). The molecule has 2 N–H and O–H groups in total. The van der Waals surface area contributed by atoms with Gasteiger partial charge in [-0.3, -0.25) is 19.2 Å². The van der Waals surface area contributed by atoms with Crippen LogP contribution in [0.15, 0.2) is 17.2 Å². The average molecular weight is 476 g/mol. The minimum Gasteiger partial charge on any atom is -0.466 e. The second-order valence-corrected chi connectivity index (χ2v) is 9.07. The van der Waals surface area contributed by atoms with E-state index in [2.05, 4.69) is 10.6 Å². The van der Waals surface area contributed by atoms with Gasteiger partial charge in [0, 0.05) is 38.1 Å². The van der Waals surface area contributed by atoms with Gasteiger partial charge in [0.15, 0.2) is 0 Å². The molecule has 9 heteroatoms. The maximum Gasteiger partial charge on any atom is 0.307 e. The van der Waals surface area contributed by atoms with Gasteiger partial charge in [-0.15, -0.1) is 0 Å². The van der Waals surface area contributed by atoms with E-state index in [-0.39, 0.29) is 42.8 Å². The first-order chi connectivity index (χ1) is 16.5. The Bertz CT molecular complexity index is 898. The van der Waals surface area contributed by atoms with Gasteiger partial charge in [0.25, 0.3) is 11.8 Å². The fourth-order valence-corrected chi connectivity index (χ4v) is 4.55. The van der Waals surface area contributed by atoms with Gasteiger partial charge in [0.1, 0.15) is 11.1 Å². The van der Waals surface area contributed by atoms with Gasteiger partial charge < -0.3 is 24.7 Å². The van der Waals surface area contributed by atoms with E-state index in [4.69, 9.17) is 9.47 Å². The summed E-state index contributed by atoms with van der Waals surface area (Å²) in [6.45, 7) is 3.15. The third-order valence-corrected chi connectivity index (χ3v) is 6.37. The molecule has 0 spiro atoms. The summed E-state index contributed by atoms with van der Waals surface area (Å²) in [4.78, 5) is 50.6. The Hall–Kier alpha value is -2.68. The van der Waals surface area contributed by atoms with Crippen molar-refractivity contribution >= 4 is 17.8 Å². The van der Waals surface area contributed by atoms with Crippen LogP contribution >= 0.6 is 0 Å². The number of pyridine rings is 1. The SMILES string of the molecule is CCOC(=O)CCNC(=O)c1cn(CC2CCCO2)cc(C(=O)NC2CCCCCCC2)c1=O. The van der Waals surface area contributed by atoms with Crippen molar-refractivity contribution in [3.8, 4) is 0 Å². The van der Waals surface area contributed by atoms with Crippen molar-refractivity contribution in [1.82, 2.24) is 15.2 Å². The summed E-state index contributed by atoms with van der Waals surface area (Å²) >= 11 is 0. The first kappa shape index (κ1) is 25.9. The maximum absolute atomic E-state index is 13.1. The Balaban J connectivity index is 1.77. The molecule has 1 aliphatic heterocycles. The Kier molecular flexibility index (Phi) is 10.1. The van der Waals surface area contributed by atoms with Crippen molar-refractivity contribution in [2.45, 2.75) is 89.8 Å². The zero-order chi connectivity index (χ0) is 24.3. The lowest BCUT2D eigenvalue weighted by molar-refractivity contribution is -0.142. The molecule has 1 saturated heterocycles. The molecule has 34 heavy (non-hydrogen) atoms. The second kappa shape index (κ2) is 13.3. The molecule has 2 aliphatic rings. The van der Waals surface area contributed by atoms with Crippen LogP contribution in [-0.4, -0.2) is 54.3 Å². The van der Waals surface area contributed by atoms with E-state index in [0.717, 1.165) is 51.4 Å². The molecule has 1 saturated carbocycles. The highest BCUT2D eigenvalue weighted by Gasteiger charge is 2.23. The number of nitrogens with one attached hydrogen (secondary N) is 2. The molecule has 0 radical (unpaired) electrons. The molecular formula is C25H37N3O6. The van der Waals surface area contributed by atoms with Gasteiger partial charge in [0.05, 0.1) is 19.1 Å². The third-order valence-electron chi connectivity index (χ3n) is 6.37. The van der Waals surface area contributed by atoms with Crippen LogP contribution in [0.2, 0.25) is 0 Å². The quantitative estimate of drug-likeness (QED) is 0.531. The predicted octanol–water partition coefficient (Wildman–Crippen LogP) is 2.55. The van der Waals surface area contributed by atoms with Crippen molar-refractivity contribution in [3.05, 3.63) is 33.7 Å². The number of aromatic nitrogens is 1. The van der Waals surface area contributed by atoms with Crippen LogP contribution in [0.4, 0.5) is 0 Å². The average Bonchev–Trinajstić information content (AvgIpc) is 3.29. The molecule has 2 amide bonds. The van der Waals surface area contributed by atoms with E-state index in [1.807, 2.05) is 0 Å². The summed E-state index contributed by atoms with van der Waals surface area (Å²) in [6, 6.07) is 0.0286. The summed E-state index contributed by atoms with van der Waals surface area (Å²) in [6.07, 6.45) is 12.2. The van der Waals surface area contributed by atoms with Crippen molar-refractivity contribution < 1.29 is 23.9 Å². The van der Waals surface area contributed by atoms with Gasteiger partial charge in [-0.05, 0) is 32.6 Å². The van der Waals surface area contributed by atoms with Crippen LogP contribution < -0.4 is 16.1 Å². The molecule has 1 aliphatic carbocycles. The van der Waals surface area contributed by atoms with Crippen LogP contribution in [0.25, 0.3) is 0 Å². The number of hydrogen-bond acceptors (Lipinski definition) is 6. The smallest absolute Gasteiger partial charge is 0.307 e. The number of ether oxygens (including phenoxy) is 2. The zero-order valence-electron chi connectivity index (χ0n) is 20.1. The number of carbonyl (C=O) groups excluding carboxylic acids is 3. The molecule has 9 nitrogen and oxygen atoms in total. The minimum absolute atomic E-state index is 0.00550. The van der Waals surface area contributed by atoms with Gasteiger partial charge in [-0.1, -0.05) is 32.1 Å². The summed E-state index contributed by atoms with van der Waals surface area (Å²) in [5.74, 6) is -1.49. The number of amides is 2. The van der Waals surface area contributed by atoms with E-state index < -0.39 is 23.2 Å². The maximum atomic E-state index is 13.1. The number of nitrogens with zero attached hydrogens (tertiary/aromatic N) is 1. The first-order valence-electron chi connectivity index (χ1n) is 12.6. The number of hydrogen-bond donors (Lipinski definition) is 2. The fourth-order valence-electron chi connectivity index (χ4n) is 4.55. The van der Waals surface area contributed by atoms with Crippen LogP contribution in [0.1, 0.15) is 91.8 Å². The molecule has 0 aromatic carbocycles. The van der Waals surface area contributed by atoms with Crippen LogP contribution in [0, 0.1) is 0 Å². The molecule has 1 aromatic rings. The summed E-state index contributed by atoms with van der Waals surface area (Å²) in [5.41, 5.74) is -0.772. The van der Waals surface area contributed by atoms with Crippen LogP contribution in [0.3, 0.4) is 0 Å². The van der Waals surface area contributed by atoms with Crippen molar-refractivity contribution in [2.75, 3.05) is 19.8 Å². The van der Waals surface area contributed by atoms with E-state index in [1.165, 1.54) is 18.8 Å². The lowest BCUT2D eigenvalue weighted by atomic mass is 9.96. The zero-order valence-corrected chi connectivity index (χ0v) is 20.1.